The number of carbonyl (C=O) groups excluding carboxylic acids is 1. The summed E-state index contributed by atoms with van der Waals surface area (Å²) in [6.07, 6.45) is 16.7. The van der Waals surface area contributed by atoms with Crippen molar-refractivity contribution >= 4 is 6.09 Å². The summed E-state index contributed by atoms with van der Waals surface area (Å²) in [6.45, 7) is 17.6. The van der Waals surface area contributed by atoms with Crippen LogP contribution in [0.15, 0.2) is 11.6 Å². The average Bonchev–Trinajstić information content (AvgIpc) is 3.19. The Kier molecular flexibility index (Phi) is 9.40. The maximum atomic E-state index is 12.4. The number of rotatable bonds is 10. The Bertz CT molecular complexity index is 805. The number of carbonyl (C=O) groups is 1. The molecule has 0 bridgehead atoms. The van der Waals surface area contributed by atoms with Gasteiger partial charge in [-0.3, -0.25) is 0 Å². The lowest BCUT2D eigenvalue weighted by atomic mass is 9.47. The summed E-state index contributed by atoms with van der Waals surface area (Å²) in [6, 6.07) is 0. The van der Waals surface area contributed by atoms with Crippen molar-refractivity contribution in [3.8, 4) is 0 Å². The van der Waals surface area contributed by atoms with Gasteiger partial charge in [0.25, 0.3) is 0 Å². The van der Waals surface area contributed by atoms with Crippen molar-refractivity contribution in [2.24, 2.45) is 46.3 Å². The molecule has 0 spiro atoms. The molecule has 4 heteroatoms. The van der Waals surface area contributed by atoms with Crippen LogP contribution >= 0.6 is 0 Å². The highest BCUT2D eigenvalue weighted by atomic mass is 16.6. The molecule has 5 unspecified atom stereocenters. The first-order valence-electron chi connectivity index (χ1n) is 15.8. The van der Waals surface area contributed by atoms with Crippen LogP contribution in [0.1, 0.15) is 119 Å². The topological polar surface area (TPSA) is 47.6 Å². The SMILES string of the molecule is CC(C)CCCC(C)C1CCC2C3CC=C4C[C@@H](OC(=O)NCCOC(C)C)CC[C@]4(C)C3CC[C@]12C. The molecule has 0 aromatic heterocycles. The van der Waals surface area contributed by atoms with E-state index in [9.17, 15) is 4.79 Å². The molecule has 4 aliphatic carbocycles. The van der Waals surface area contributed by atoms with E-state index in [0.29, 0.717) is 24.0 Å². The molecule has 4 aliphatic rings. The third-order valence-corrected chi connectivity index (χ3v) is 11.4. The Morgan fingerprint density at radius 3 is 2.54 bits per heavy atom. The summed E-state index contributed by atoms with van der Waals surface area (Å²) in [5.41, 5.74) is 2.42. The van der Waals surface area contributed by atoms with Gasteiger partial charge >= 0.3 is 6.09 Å². The largest absolute Gasteiger partial charge is 0.446 e. The predicted molar refractivity (Wildman–Crippen MR) is 152 cm³/mol. The van der Waals surface area contributed by atoms with Crippen molar-refractivity contribution in [3.63, 3.8) is 0 Å². The minimum atomic E-state index is -0.289. The van der Waals surface area contributed by atoms with Gasteiger partial charge in [0.1, 0.15) is 6.10 Å². The fourth-order valence-corrected chi connectivity index (χ4v) is 9.39. The van der Waals surface area contributed by atoms with Gasteiger partial charge in [0.2, 0.25) is 0 Å². The molecule has 0 heterocycles. The van der Waals surface area contributed by atoms with E-state index in [4.69, 9.17) is 9.47 Å². The second-order valence-corrected chi connectivity index (χ2v) is 14.4. The molecule has 4 nitrogen and oxygen atoms in total. The Hall–Kier alpha value is -1.03. The summed E-state index contributed by atoms with van der Waals surface area (Å²) >= 11 is 0. The van der Waals surface area contributed by atoms with Gasteiger partial charge in [0.15, 0.2) is 0 Å². The van der Waals surface area contributed by atoms with Crippen molar-refractivity contribution in [2.75, 3.05) is 13.2 Å². The lowest BCUT2D eigenvalue weighted by Crippen LogP contribution is -2.51. The van der Waals surface area contributed by atoms with Crippen molar-refractivity contribution in [3.05, 3.63) is 11.6 Å². The molecule has 8 atom stereocenters. The predicted octanol–water partition coefficient (Wildman–Crippen LogP) is 8.55. The van der Waals surface area contributed by atoms with E-state index in [0.717, 1.165) is 54.8 Å². The monoisotopic (exact) mass is 515 g/mol. The average molecular weight is 516 g/mol. The lowest BCUT2D eigenvalue weighted by Gasteiger charge is -2.58. The maximum Gasteiger partial charge on any atom is 0.407 e. The molecule has 4 rings (SSSR count). The van der Waals surface area contributed by atoms with Crippen LogP contribution in [-0.4, -0.2) is 31.5 Å². The van der Waals surface area contributed by atoms with E-state index in [-0.39, 0.29) is 18.3 Å². The van der Waals surface area contributed by atoms with Crippen LogP contribution in [0.2, 0.25) is 0 Å². The van der Waals surface area contributed by atoms with Crippen LogP contribution in [0.4, 0.5) is 4.79 Å². The third kappa shape index (κ3) is 6.25. The van der Waals surface area contributed by atoms with Crippen molar-refractivity contribution < 1.29 is 14.3 Å². The second-order valence-electron chi connectivity index (χ2n) is 14.4. The van der Waals surface area contributed by atoms with Gasteiger partial charge in [-0.2, -0.15) is 0 Å². The zero-order valence-corrected chi connectivity index (χ0v) is 25.1. The van der Waals surface area contributed by atoms with Crippen LogP contribution in [0.5, 0.6) is 0 Å². The molecule has 1 amide bonds. The molecule has 0 aliphatic heterocycles. The Morgan fingerprint density at radius 1 is 1.03 bits per heavy atom. The molecule has 3 fully saturated rings. The van der Waals surface area contributed by atoms with Gasteiger partial charge in [0, 0.05) is 13.0 Å². The standard InChI is InChI=1S/C33H57NO3/c1-22(2)9-8-10-24(5)28-13-14-29-27-12-11-25-21-26(37-31(35)34-19-20-36-23(3)4)15-17-32(25,6)30(27)16-18-33(28,29)7/h11,22-24,26-30H,8-10,12-21H2,1-7H3,(H,34,35)/t24?,26-,27?,28?,29?,30?,32-,33+/m0/s1. The highest BCUT2D eigenvalue weighted by Crippen LogP contribution is 2.67. The number of allylic oxidation sites excluding steroid dienone is 1. The van der Waals surface area contributed by atoms with Crippen LogP contribution in [0.3, 0.4) is 0 Å². The van der Waals surface area contributed by atoms with Crippen LogP contribution in [-0.2, 0) is 9.47 Å². The number of fused-ring (bicyclic) bond motifs is 5. The van der Waals surface area contributed by atoms with Crippen LogP contribution in [0, 0.1) is 46.3 Å². The maximum absolute atomic E-state index is 12.4. The number of hydrogen-bond donors (Lipinski definition) is 1. The van der Waals surface area contributed by atoms with E-state index in [1.165, 1.54) is 51.4 Å². The molecule has 37 heavy (non-hydrogen) atoms. The van der Waals surface area contributed by atoms with Gasteiger partial charge < -0.3 is 14.8 Å². The molecule has 0 aromatic carbocycles. The number of hydrogen-bond acceptors (Lipinski definition) is 3. The van der Waals surface area contributed by atoms with Crippen LogP contribution in [0.25, 0.3) is 0 Å². The number of nitrogens with one attached hydrogen (secondary N) is 1. The highest BCUT2D eigenvalue weighted by molar-refractivity contribution is 5.67. The zero-order chi connectivity index (χ0) is 26.8. The number of ether oxygens (including phenoxy) is 2. The summed E-state index contributed by atoms with van der Waals surface area (Å²) in [5, 5.41) is 2.87. The Morgan fingerprint density at radius 2 is 1.81 bits per heavy atom. The third-order valence-electron chi connectivity index (χ3n) is 11.4. The molecule has 0 aromatic rings. The first-order chi connectivity index (χ1) is 17.5. The normalized spacial score (nSPS) is 38.0. The second kappa shape index (κ2) is 12.0. The summed E-state index contributed by atoms with van der Waals surface area (Å²) in [5.74, 6) is 5.16. The van der Waals surface area contributed by atoms with Crippen LogP contribution < -0.4 is 5.32 Å². The fourth-order valence-electron chi connectivity index (χ4n) is 9.39. The summed E-state index contributed by atoms with van der Waals surface area (Å²) < 4.78 is 11.4. The minimum Gasteiger partial charge on any atom is -0.446 e. The molecule has 1 N–H and O–H groups in total. The van der Waals surface area contributed by atoms with Gasteiger partial charge in [-0.25, -0.2) is 4.79 Å². The van der Waals surface area contributed by atoms with Gasteiger partial charge in [-0.05, 0) is 105 Å². The summed E-state index contributed by atoms with van der Waals surface area (Å²) in [4.78, 5) is 12.4. The molecule has 212 valence electrons. The van der Waals surface area contributed by atoms with Gasteiger partial charge in [-0.15, -0.1) is 0 Å². The highest BCUT2D eigenvalue weighted by Gasteiger charge is 2.59. The fraction of sp³-hybridized carbons (Fsp3) is 0.909. The Labute approximate surface area is 228 Å². The van der Waals surface area contributed by atoms with E-state index >= 15 is 0 Å². The smallest absolute Gasteiger partial charge is 0.407 e. The van der Waals surface area contributed by atoms with E-state index in [1.807, 2.05) is 13.8 Å². The van der Waals surface area contributed by atoms with E-state index in [1.54, 1.807) is 5.57 Å². The van der Waals surface area contributed by atoms with Gasteiger partial charge in [-0.1, -0.05) is 65.5 Å². The molecule has 3 saturated carbocycles. The summed E-state index contributed by atoms with van der Waals surface area (Å²) in [7, 11) is 0. The minimum absolute atomic E-state index is 0.0123. The number of alkyl carbamates (subject to hydrolysis) is 1. The molecular weight excluding hydrogens is 458 g/mol. The molecular formula is C33H57NO3. The van der Waals surface area contributed by atoms with E-state index < -0.39 is 0 Å². The first kappa shape index (κ1) is 29.0. The van der Waals surface area contributed by atoms with E-state index in [2.05, 4.69) is 46.0 Å². The van der Waals surface area contributed by atoms with Crippen molar-refractivity contribution in [2.45, 2.75) is 131 Å². The lowest BCUT2D eigenvalue weighted by molar-refractivity contribution is -0.0581. The first-order valence-corrected chi connectivity index (χ1v) is 15.8. The van der Waals surface area contributed by atoms with Crippen molar-refractivity contribution in [1.82, 2.24) is 5.32 Å². The quantitative estimate of drug-likeness (QED) is 0.234. The van der Waals surface area contributed by atoms with Gasteiger partial charge in [0.05, 0.1) is 12.7 Å². The zero-order valence-electron chi connectivity index (χ0n) is 25.1. The Balaban J connectivity index is 1.35. The molecule has 0 radical (unpaired) electrons. The number of amides is 1. The molecule has 0 saturated heterocycles. The van der Waals surface area contributed by atoms with Crippen molar-refractivity contribution in [1.29, 1.82) is 0 Å².